The Morgan fingerprint density at radius 2 is 1.87 bits per heavy atom. The van der Waals surface area contributed by atoms with Crippen LogP contribution in [0.2, 0.25) is 0 Å². The van der Waals surface area contributed by atoms with Gasteiger partial charge >= 0.3 is 0 Å². The van der Waals surface area contributed by atoms with E-state index in [2.05, 4.69) is 24.3 Å². The first kappa shape index (κ1) is 16.0. The van der Waals surface area contributed by atoms with Crippen molar-refractivity contribution in [2.75, 3.05) is 27.2 Å². The van der Waals surface area contributed by atoms with Gasteiger partial charge in [-0.1, -0.05) is 24.3 Å². The first-order valence-electron chi connectivity index (χ1n) is 8.48. The van der Waals surface area contributed by atoms with Crippen LogP contribution in [-0.4, -0.2) is 48.8 Å². The number of rotatable bonds is 2. The Labute approximate surface area is 138 Å². The maximum atomic E-state index is 12.2. The van der Waals surface area contributed by atoms with Crippen molar-refractivity contribution < 1.29 is 9.59 Å². The molecule has 4 heteroatoms. The van der Waals surface area contributed by atoms with E-state index in [9.17, 15) is 9.59 Å². The molecule has 2 amide bonds. The van der Waals surface area contributed by atoms with E-state index in [-0.39, 0.29) is 17.2 Å². The van der Waals surface area contributed by atoms with Crippen LogP contribution in [0.15, 0.2) is 24.3 Å². The number of carbonyl (C=O) groups excluding carboxylic acids is 2. The van der Waals surface area contributed by atoms with Crippen LogP contribution in [0.4, 0.5) is 0 Å². The molecular formula is C19H26N2O2. The fraction of sp³-hybridized carbons (Fsp3) is 0.579. The average Bonchev–Trinajstić information content (AvgIpc) is 2.82. The molecule has 1 fully saturated rings. The maximum Gasteiger partial charge on any atom is 0.222 e. The molecule has 1 atom stereocenters. The van der Waals surface area contributed by atoms with Gasteiger partial charge in [-0.05, 0) is 41.7 Å². The van der Waals surface area contributed by atoms with Gasteiger partial charge < -0.3 is 9.80 Å². The average molecular weight is 314 g/mol. The number of amides is 2. The van der Waals surface area contributed by atoms with Crippen molar-refractivity contribution in [3.05, 3.63) is 35.4 Å². The second kappa shape index (κ2) is 5.99. The molecule has 0 aromatic heterocycles. The van der Waals surface area contributed by atoms with Gasteiger partial charge in [-0.25, -0.2) is 0 Å². The minimum Gasteiger partial charge on any atom is -0.349 e. The summed E-state index contributed by atoms with van der Waals surface area (Å²) in [7, 11) is 3.65. The Bertz CT molecular complexity index is 616. The molecule has 4 nitrogen and oxygen atoms in total. The van der Waals surface area contributed by atoms with Crippen LogP contribution in [0, 0.1) is 0 Å². The number of benzene rings is 1. The summed E-state index contributed by atoms with van der Waals surface area (Å²) in [5.74, 6) is 0.679. The molecule has 3 rings (SSSR count). The molecule has 1 aromatic rings. The fourth-order valence-electron chi connectivity index (χ4n) is 4.33. The first-order chi connectivity index (χ1) is 10.9. The largest absolute Gasteiger partial charge is 0.349 e. The van der Waals surface area contributed by atoms with E-state index < -0.39 is 0 Å². The van der Waals surface area contributed by atoms with E-state index in [1.165, 1.54) is 11.1 Å². The Morgan fingerprint density at radius 1 is 1.22 bits per heavy atom. The number of hydrogen-bond donors (Lipinski definition) is 0. The summed E-state index contributed by atoms with van der Waals surface area (Å²) in [6.07, 6.45) is 3.65. The summed E-state index contributed by atoms with van der Waals surface area (Å²) in [5.41, 5.74) is 2.92. The summed E-state index contributed by atoms with van der Waals surface area (Å²) < 4.78 is 0. The van der Waals surface area contributed by atoms with E-state index in [0.717, 1.165) is 32.4 Å². The number of nitrogens with zero attached hydrogens (tertiary/aromatic N) is 2. The number of hydrogen-bond acceptors (Lipinski definition) is 2. The number of piperidine rings is 1. The van der Waals surface area contributed by atoms with Crippen molar-refractivity contribution in [2.24, 2.45) is 0 Å². The monoisotopic (exact) mass is 314 g/mol. The molecule has 1 heterocycles. The number of likely N-dealkylation sites (tertiary alicyclic amines) is 1. The van der Waals surface area contributed by atoms with Crippen molar-refractivity contribution in [2.45, 2.75) is 43.9 Å². The van der Waals surface area contributed by atoms with Crippen LogP contribution < -0.4 is 0 Å². The zero-order valence-electron chi connectivity index (χ0n) is 14.3. The SMILES string of the molecule is CC(=O)N1CCC2(CC1)C[C@H](CC(=O)N(C)C)c1ccccc12. The standard InChI is InChI=1S/C19H26N2O2/c1-14(22)21-10-8-19(9-11-21)13-15(12-18(23)20(2)3)16-6-4-5-7-17(16)19/h4-7,15H,8-13H2,1-3H3/t15-/m0/s1. The van der Waals surface area contributed by atoms with E-state index in [0.29, 0.717) is 12.3 Å². The van der Waals surface area contributed by atoms with Gasteiger partial charge in [0.1, 0.15) is 0 Å². The molecule has 2 aliphatic rings. The zero-order valence-corrected chi connectivity index (χ0v) is 14.3. The second-order valence-corrected chi connectivity index (χ2v) is 7.27. The lowest BCUT2D eigenvalue weighted by atomic mass is 9.73. The maximum absolute atomic E-state index is 12.2. The van der Waals surface area contributed by atoms with E-state index in [4.69, 9.17) is 0 Å². The van der Waals surface area contributed by atoms with Crippen molar-refractivity contribution in [3.8, 4) is 0 Å². The van der Waals surface area contributed by atoms with Gasteiger partial charge in [0.25, 0.3) is 0 Å². The van der Waals surface area contributed by atoms with Gasteiger partial charge in [-0.3, -0.25) is 9.59 Å². The third kappa shape index (κ3) is 2.87. The lowest BCUT2D eigenvalue weighted by Crippen LogP contribution is -2.43. The molecule has 1 aromatic carbocycles. The summed E-state index contributed by atoms with van der Waals surface area (Å²) in [5, 5.41) is 0. The molecule has 0 unspecified atom stereocenters. The van der Waals surface area contributed by atoms with Crippen LogP contribution >= 0.6 is 0 Å². The Kier molecular flexibility index (Phi) is 4.17. The van der Waals surface area contributed by atoms with Crippen molar-refractivity contribution >= 4 is 11.8 Å². The van der Waals surface area contributed by atoms with Crippen LogP contribution in [-0.2, 0) is 15.0 Å². The number of fused-ring (bicyclic) bond motifs is 2. The smallest absolute Gasteiger partial charge is 0.222 e. The second-order valence-electron chi connectivity index (χ2n) is 7.27. The molecule has 23 heavy (non-hydrogen) atoms. The Balaban J connectivity index is 1.84. The highest BCUT2D eigenvalue weighted by molar-refractivity contribution is 5.77. The highest BCUT2D eigenvalue weighted by atomic mass is 16.2. The van der Waals surface area contributed by atoms with Gasteiger partial charge in [0.2, 0.25) is 11.8 Å². The summed E-state index contributed by atoms with van der Waals surface area (Å²) in [6.45, 7) is 3.31. The first-order valence-corrected chi connectivity index (χ1v) is 8.48. The molecule has 1 aliphatic heterocycles. The highest BCUT2D eigenvalue weighted by Gasteiger charge is 2.45. The topological polar surface area (TPSA) is 40.6 Å². The fourth-order valence-corrected chi connectivity index (χ4v) is 4.33. The third-order valence-corrected chi connectivity index (χ3v) is 5.69. The van der Waals surface area contributed by atoms with Gasteiger partial charge in [0.15, 0.2) is 0 Å². The van der Waals surface area contributed by atoms with Gasteiger partial charge in [0, 0.05) is 40.5 Å². The predicted molar refractivity (Wildman–Crippen MR) is 90.3 cm³/mol. The van der Waals surface area contributed by atoms with Crippen molar-refractivity contribution in [1.29, 1.82) is 0 Å². The van der Waals surface area contributed by atoms with Crippen molar-refractivity contribution in [3.63, 3.8) is 0 Å². The summed E-state index contributed by atoms with van der Waals surface area (Å²) in [4.78, 5) is 27.4. The van der Waals surface area contributed by atoms with Gasteiger partial charge in [-0.2, -0.15) is 0 Å². The normalized spacial score (nSPS) is 22.0. The van der Waals surface area contributed by atoms with Crippen LogP contribution in [0.5, 0.6) is 0 Å². The van der Waals surface area contributed by atoms with Crippen LogP contribution in [0.3, 0.4) is 0 Å². The lowest BCUT2D eigenvalue weighted by molar-refractivity contribution is -0.130. The molecule has 0 bridgehead atoms. The minimum atomic E-state index is 0.153. The summed E-state index contributed by atoms with van der Waals surface area (Å²) >= 11 is 0. The number of carbonyl (C=O) groups is 2. The molecule has 1 spiro atoms. The lowest BCUT2D eigenvalue weighted by Gasteiger charge is -2.40. The highest BCUT2D eigenvalue weighted by Crippen LogP contribution is 2.52. The Hall–Kier alpha value is -1.84. The van der Waals surface area contributed by atoms with Gasteiger partial charge in [0.05, 0.1) is 0 Å². The van der Waals surface area contributed by atoms with E-state index in [1.54, 1.807) is 11.8 Å². The minimum absolute atomic E-state index is 0.153. The predicted octanol–water partition coefficient (Wildman–Crippen LogP) is 2.53. The molecular weight excluding hydrogens is 288 g/mol. The molecule has 0 saturated carbocycles. The summed E-state index contributed by atoms with van der Waals surface area (Å²) in [6, 6.07) is 8.61. The van der Waals surface area contributed by atoms with Crippen LogP contribution in [0.1, 0.15) is 49.7 Å². The van der Waals surface area contributed by atoms with Crippen LogP contribution in [0.25, 0.3) is 0 Å². The Morgan fingerprint density at radius 3 is 2.48 bits per heavy atom. The molecule has 0 N–H and O–H groups in total. The van der Waals surface area contributed by atoms with Crippen molar-refractivity contribution in [1.82, 2.24) is 9.80 Å². The molecule has 1 aliphatic carbocycles. The molecule has 1 saturated heterocycles. The van der Waals surface area contributed by atoms with E-state index in [1.807, 2.05) is 19.0 Å². The third-order valence-electron chi connectivity index (χ3n) is 5.69. The molecule has 0 radical (unpaired) electrons. The quantitative estimate of drug-likeness (QED) is 0.841. The van der Waals surface area contributed by atoms with E-state index >= 15 is 0 Å². The van der Waals surface area contributed by atoms with Gasteiger partial charge in [-0.15, -0.1) is 0 Å². The molecule has 124 valence electrons. The zero-order chi connectivity index (χ0) is 16.6.